The van der Waals surface area contributed by atoms with Gasteiger partial charge in [-0.15, -0.1) is 11.3 Å². The van der Waals surface area contributed by atoms with Gasteiger partial charge >= 0.3 is 0 Å². The van der Waals surface area contributed by atoms with E-state index >= 15 is 0 Å². The van der Waals surface area contributed by atoms with Gasteiger partial charge in [0.1, 0.15) is 10.8 Å². The van der Waals surface area contributed by atoms with Crippen LogP contribution in [0.25, 0.3) is 10.2 Å². The molecule has 0 aliphatic heterocycles. The van der Waals surface area contributed by atoms with Crippen LogP contribution in [0, 0.1) is 0 Å². The van der Waals surface area contributed by atoms with Crippen molar-refractivity contribution in [3.63, 3.8) is 0 Å². The maximum atomic E-state index is 12.3. The summed E-state index contributed by atoms with van der Waals surface area (Å²) in [6.45, 7) is 0.384. The number of benzene rings is 2. The molecule has 0 unspecified atom stereocenters. The molecule has 0 saturated heterocycles. The zero-order valence-corrected chi connectivity index (χ0v) is 16.5. The standard InChI is InChI=1S/C20H14BrN3O2S/c21-14-6-8-15(9-7-14)26-18-10-5-13(11-22-18)20(25)23-12-19-24-16-3-1-2-4-17(16)27-19/h1-11H,12H2,(H,23,25). The van der Waals surface area contributed by atoms with E-state index in [4.69, 9.17) is 4.74 Å². The monoisotopic (exact) mass is 439 g/mol. The maximum absolute atomic E-state index is 12.3. The summed E-state index contributed by atoms with van der Waals surface area (Å²) in [5, 5.41) is 3.74. The summed E-state index contributed by atoms with van der Waals surface area (Å²) in [4.78, 5) is 21.0. The topological polar surface area (TPSA) is 64.1 Å². The molecule has 0 fully saturated rings. The molecule has 0 spiro atoms. The van der Waals surface area contributed by atoms with Crippen LogP contribution in [0.4, 0.5) is 0 Å². The SMILES string of the molecule is O=C(NCc1nc2ccccc2s1)c1ccc(Oc2ccc(Br)cc2)nc1. The minimum atomic E-state index is -0.197. The van der Waals surface area contributed by atoms with Gasteiger partial charge in [0.25, 0.3) is 5.91 Å². The zero-order chi connectivity index (χ0) is 18.6. The molecule has 0 aliphatic rings. The van der Waals surface area contributed by atoms with Gasteiger partial charge in [-0.25, -0.2) is 9.97 Å². The smallest absolute Gasteiger partial charge is 0.253 e. The molecule has 27 heavy (non-hydrogen) atoms. The van der Waals surface area contributed by atoms with E-state index in [0.29, 0.717) is 23.7 Å². The fourth-order valence-electron chi connectivity index (χ4n) is 2.45. The summed E-state index contributed by atoms with van der Waals surface area (Å²) >= 11 is 4.95. The van der Waals surface area contributed by atoms with Crippen LogP contribution in [0.3, 0.4) is 0 Å². The quantitative estimate of drug-likeness (QED) is 0.465. The van der Waals surface area contributed by atoms with Crippen LogP contribution >= 0.6 is 27.3 Å². The number of pyridine rings is 1. The van der Waals surface area contributed by atoms with Crippen molar-refractivity contribution in [1.29, 1.82) is 0 Å². The summed E-state index contributed by atoms with van der Waals surface area (Å²) < 4.78 is 7.74. The van der Waals surface area contributed by atoms with Crippen LogP contribution in [-0.2, 0) is 6.54 Å². The van der Waals surface area contributed by atoms with E-state index in [0.717, 1.165) is 19.7 Å². The molecule has 0 radical (unpaired) electrons. The Kier molecular flexibility index (Phi) is 5.13. The molecule has 134 valence electrons. The highest BCUT2D eigenvalue weighted by atomic mass is 79.9. The molecule has 0 saturated carbocycles. The number of para-hydroxylation sites is 1. The molecule has 2 heterocycles. The number of nitrogens with one attached hydrogen (secondary N) is 1. The Hall–Kier alpha value is -2.77. The number of aromatic nitrogens is 2. The van der Waals surface area contributed by atoms with Gasteiger partial charge < -0.3 is 10.1 Å². The van der Waals surface area contributed by atoms with E-state index in [1.807, 2.05) is 48.5 Å². The first-order valence-corrected chi connectivity index (χ1v) is 9.80. The van der Waals surface area contributed by atoms with E-state index in [2.05, 4.69) is 31.2 Å². The number of ether oxygens (including phenoxy) is 1. The summed E-state index contributed by atoms with van der Waals surface area (Å²) in [5.41, 5.74) is 1.42. The molecule has 4 rings (SSSR count). The fourth-order valence-corrected chi connectivity index (χ4v) is 3.62. The van der Waals surface area contributed by atoms with Gasteiger partial charge in [-0.05, 0) is 42.5 Å². The number of carbonyl (C=O) groups is 1. The lowest BCUT2D eigenvalue weighted by atomic mass is 10.2. The molecule has 0 aliphatic carbocycles. The predicted molar refractivity (Wildman–Crippen MR) is 109 cm³/mol. The van der Waals surface area contributed by atoms with Crippen molar-refractivity contribution >= 4 is 43.4 Å². The molecule has 0 bridgehead atoms. The van der Waals surface area contributed by atoms with E-state index < -0.39 is 0 Å². The number of carbonyl (C=O) groups excluding carboxylic acids is 1. The summed E-state index contributed by atoms with van der Waals surface area (Å²) in [5.74, 6) is 0.913. The van der Waals surface area contributed by atoms with Gasteiger partial charge in [0, 0.05) is 16.7 Å². The molecule has 1 amide bonds. The highest BCUT2D eigenvalue weighted by Gasteiger charge is 2.09. The Bertz CT molecular complexity index is 1050. The van der Waals surface area contributed by atoms with Crippen LogP contribution in [0.1, 0.15) is 15.4 Å². The van der Waals surface area contributed by atoms with Crippen molar-refractivity contribution in [2.75, 3.05) is 0 Å². The Labute approximate surface area is 168 Å². The van der Waals surface area contributed by atoms with Gasteiger partial charge in [-0.1, -0.05) is 28.1 Å². The lowest BCUT2D eigenvalue weighted by molar-refractivity contribution is 0.0950. The van der Waals surface area contributed by atoms with Gasteiger partial charge in [-0.3, -0.25) is 4.79 Å². The van der Waals surface area contributed by atoms with Gasteiger partial charge in [0.05, 0.1) is 22.3 Å². The first-order chi connectivity index (χ1) is 13.2. The molecule has 0 atom stereocenters. The third kappa shape index (κ3) is 4.32. The second kappa shape index (κ2) is 7.85. The highest BCUT2D eigenvalue weighted by molar-refractivity contribution is 9.10. The number of thiazole rings is 1. The number of nitrogens with zero attached hydrogens (tertiary/aromatic N) is 2. The summed E-state index contributed by atoms with van der Waals surface area (Å²) in [6.07, 6.45) is 1.50. The number of rotatable bonds is 5. The van der Waals surface area contributed by atoms with Crippen LogP contribution in [0.15, 0.2) is 71.3 Å². The molecule has 2 aromatic heterocycles. The van der Waals surface area contributed by atoms with E-state index in [1.165, 1.54) is 6.20 Å². The van der Waals surface area contributed by atoms with E-state index in [1.54, 1.807) is 23.5 Å². The number of hydrogen-bond acceptors (Lipinski definition) is 5. The third-order valence-electron chi connectivity index (χ3n) is 3.77. The Morgan fingerprint density at radius 2 is 1.89 bits per heavy atom. The number of fused-ring (bicyclic) bond motifs is 1. The summed E-state index contributed by atoms with van der Waals surface area (Å²) in [6, 6.07) is 18.7. The first kappa shape index (κ1) is 17.6. The van der Waals surface area contributed by atoms with Gasteiger partial charge in [0.2, 0.25) is 5.88 Å². The van der Waals surface area contributed by atoms with Crippen molar-refractivity contribution in [1.82, 2.24) is 15.3 Å². The maximum Gasteiger partial charge on any atom is 0.253 e. The lowest BCUT2D eigenvalue weighted by Crippen LogP contribution is -2.22. The van der Waals surface area contributed by atoms with E-state index in [-0.39, 0.29) is 5.91 Å². The van der Waals surface area contributed by atoms with Crippen LogP contribution < -0.4 is 10.1 Å². The average molecular weight is 440 g/mol. The predicted octanol–water partition coefficient (Wildman–Crippen LogP) is 5.18. The molecule has 1 N–H and O–H groups in total. The fraction of sp³-hybridized carbons (Fsp3) is 0.0500. The van der Waals surface area contributed by atoms with Crippen molar-refractivity contribution in [2.24, 2.45) is 0 Å². The second-order valence-electron chi connectivity index (χ2n) is 5.70. The molecular weight excluding hydrogens is 426 g/mol. The average Bonchev–Trinajstić information content (AvgIpc) is 3.11. The Balaban J connectivity index is 1.37. The minimum absolute atomic E-state index is 0.197. The Morgan fingerprint density at radius 1 is 1.07 bits per heavy atom. The molecule has 5 nitrogen and oxygen atoms in total. The van der Waals surface area contributed by atoms with Crippen LogP contribution in [0.5, 0.6) is 11.6 Å². The number of amides is 1. The highest BCUT2D eigenvalue weighted by Crippen LogP contribution is 2.22. The van der Waals surface area contributed by atoms with Crippen molar-refractivity contribution in [3.05, 3.63) is 81.9 Å². The summed E-state index contributed by atoms with van der Waals surface area (Å²) in [7, 11) is 0. The second-order valence-corrected chi connectivity index (χ2v) is 7.73. The van der Waals surface area contributed by atoms with Crippen molar-refractivity contribution < 1.29 is 9.53 Å². The molecular formula is C20H14BrN3O2S. The molecule has 7 heteroatoms. The lowest BCUT2D eigenvalue weighted by Gasteiger charge is -2.06. The number of halogens is 1. The third-order valence-corrected chi connectivity index (χ3v) is 5.34. The Morgan fingerprint density at radius 3 is 2.63 bits per heavy atom. The van der Waals surface area contributed by atoms with Gasteiger partial charge in [-0.2, -0.15) is 0 Å². The van der Waals surface area contributed by atoms with Crippen LogP contribution in [0.2, 0.25) is 0 Å². The molecule has 4 aromatic rings. The van der Waals surface area contributed by atoms with E-state index in [9.17, 15) is 4.79 Å². The minimum Gasteiger partial charge on any atom is -0.439 e. The zero-order valence-electron chi connectivity index (χ0n) is 14.1. The number of hydrogen-bond donors (Lipinski definition) is 1. The first-order valence-electron chi connectivity index (χ1n) is 8.19. The largest absolute Gasteiger partial charge is 0.439 e. The van der Waals surface area contributed by atoms with Gasteiger partial charge in [0.15, 0.2) is 0 Å². The van der Waals surface area contributed by atoms with Crippen molar-refractivity contribution in [3.8, 4) is 11.6 Å². The molecule has 2 aromatic carbocycles. The van der Waals surface area contributed by atoms with Crippen LogP contribution in [-0.4, -0.2) is 15.9 Å². The van der Waals surface area contributed by atoms with Crippen molar-refractivity contribution in [2.45, 2.75) is 6.54 Å². The normalized spacial score (nSPS) is 10.7.